The number of H-pyrrole nitrogens is 1. The van der Waals surface area contributed by atoms with Crippen molar-refractivity contribution in [2.24, 2.45) is 24.0 Å². The number of anilines is 3. The Hall–Kier alpha value is -4.36. The Balaban J connectivity index is 1.97. The smallest absolute Gasteiger partial charge is 0.324 e. The standard InChI is InChI=1S/C31H43N7O5S/c1-18-11-12-19(13-24(18)38(33)17-21(32)25-16-34-28(37(25)8)27(39)31(5,6)7)29(40)35-22-14-20(30(2,3)4)15-23(26(22)43-9)36-44(10,41)42/h11-17,36H,32-33H2,1-10H3,(H,35,40)/p+1/b21-17-. The summed E-state index contributed by atoms with van der Waals surface area (Å²) in [6.45, 7) is 13.3. The average molecular weight is 627 g/mol. The van der Waals surface area contributed by atoms with E-state index in [2.05, 4.69) is 15.0 Å². The molecule has 0 aliphatic heterocycles. The monoisotopic (exact) mass is 626 g/mol. The maximum atomic E-state index is 13.5. The molecular weight excluding hydrogens is 582 g/mol. The topological polar surface area (TPSA) is 177 Å². The summed E-state index contributed by atoms with van der Waals surface area (Å²) >= 11 is 0. The van der Waals surface area contributed by atoms with Crippen LogP contribution in [0, 0.1) is 12.3 Å². The molecule has 0 spiro atoms. The lowest BCUT2D eigenvalue weighted by atomic mass is 9.86. The van der Waals surface area contributed by atoms with Crippen LogP contribution in [0.5, 0.6) is 5.75 Å². The molecule has 0 bridgehead atoms. The number of imidazole rings is 1. The molecule has 0 aliphatic carbocycles. The number of aromatic nitrogens is 2. The summed E-state index contributed by atoms with van der Waals surface area (Å²) < 4.78 is 33.8. The number of nitrogens with one attached hydrogen (secondary N) is 3. The zero-order valence-corrected chi connectivity index (χ0v) is 27.9. The number of hydrazine groups is 1. The molecular formula is C31H44N7O5S+. The highest BCUT2D eigenvalue weighted by Gasteiger charge is 2.32. The lowest BCUT2D eigenvalue weighted by Crippen LogP contribution is -2.41. The van der Waals surface area contributed by atoms with Gasteiger partial charge < -0.3 is 15.8 Å². The van der Waals surface area contributed by atoms with Gasteiger partial charge in [0, 0.05) is 17.2 Å². The Labute approximate surface area is 259 Å². The highest BCUT2D eigenvalue weighted by atomic mass is 32.2. The number of nitrogens with two attached hydrogens (primary N) is 2. The average Bonchev–Trinajstić information content (AvgIpc) is 3.27. The van der Waals surface area contributed by atoms with Crippen LogP contribution in [-0.4, -0.2) is 38.5 Å². The van der Waals surface area contributed by atoms with Crippen LogP contribution in [0.1, 0.15) is 79.3 Å². The second-order valence-corrected chi connectivity index (χ2v) is 14.6. The lowest BCUT2D eigenvalue weighted by Gasteiger charge is -2.24. The Morgan fingerprint density at radius 2 is 1.68 bits per heavy atom. The van der Waals surface area contributed by atoms with Gasteiger partial charge in [-0.1, -0.05) is 47.6 Å². The molecule has 0 saturated carbocycles. The number of carbonyl (C=O) groups excluding carboxylic acids is 2. The molecule has 0 saturated heterocycles. The number of nitrogens with zero attached hydrogens (tertiary/aromatic N) is 2. The first-order valence-corrected chi connectivity index (χ1v) is 15.8. The minimum atomic E-state index is -3.63. The fourth-order valence-corrected chi connectivity index (χ4v) is 5.01. The molecule has 0 atom stereocenters. The molecule has 0 radical (unpaired) electrons. The second kappa shape index (κ2) is 12.3. The number of methoxy groups -OCH3 is 1. The molecule has 3 aromatic rings. The van der Waals surface area contributed by atoms with Crippen molar-refractivity contribution in [1.82, 2.24) is 4.98 Å². The lowest BCUT2D eigenvalue weighted by molar-refractivity contribution is -0.674. The molecule has 0 aliphatic rings. The van der Waals surface area contributed by atoms with Crippen molar-refractivity contribution in [3.8, 4) is 5.75 Å². The highest BCUT2D eigenvalue weighted by Crippen LogP contribution is 2.39. The zero-order chi connectivity index (χ0) is 33.4. The van der Waals surface area contributed by atoms with Crippen molar-refractivity contribution in [2.45, 2.75) is 53.9 Å². The number of hydrogen-bond acceptors (Lipinski definition) is 8. The number of ether oxygens (including phenoxy) is 1. The number of hydrogen-bond donors (Lipinski definition) is 5. The summed E-state index contributed by atoms with van der Waals surface area (Å²) in [5.74, 6) is 6.45. The van der Waals surface area contributed by atoms with Crippen LogP contribution in [0.2, 0.25) is 0 Å². The fourth-order valence-electron chi connectivity index (χ4n) is 4.46. The maximum Gasteiger partial charge on any atom is 0.324 e. The minimum Gasteiger partial charge on any atom is -0.492 e. The van der Waals surface area contributed by atoms with Crippen LogP contribution in [0.25, 0.3) is 5.70 Å². The van der Waals surface area contributed by atoms with Gasteiger partial charge in [0.25, 0.3) is 5.91 Å². The molecule has 7 N–H and O–H groups in total. The maximum absolute atomic E-state index is 13.5. The number of rotatable bonds is 9. The first-order chi connectivity index (χ1) is 20.1. The largest absolute Gasteiger partial charge is 0.492 e. The van der Waals surface area contributed by atoms with E-state index in [1.54, 1.807) is 48.1 Å². The van der Waals surface area contributed by atoms with Gasteiger partial charge in [-0.3, -0.25) is 19.3 Å². The molecule has 12 nitrogen and oxygen atoms in total. The number of sulfonamides is 1. The predicted molar refractivity (Wildman–Crippen MR) is 174 cm³/mol. The number of amides is 1. The minimum absolute atomic E-state index is 0.0675. The van der Waals surface area contributed by atoms with E-state index in [9.17, 15) is 18.0 Å². The van der Waals surface area contributed by atoms with Crippen LogP contribution in [0.3, 0.4) is 0 Å². The van der Waals surface area contributed by atoms with Gasteiger partial charge in [-0.2, -0.15) is 0 Å². The number of Topliss-reactive ketones (excluding diaryl/α,β-unsaturated/α-hetero) is 1. The molecule has 3 rings (SSSR count). The highest BCUT2D eigenvalue weighted by molar-refractivity contribution is 7.92. The number of ketones is 1. The van der Waals surface area contributed by atoms with Crippen molar-refractivity contribution in [3.05, 3.63) is 70.9 Å². The number of benzene rings is 2. The molecule has 0 fully saturated rings. The van der Waals surface area contributed by atoms with Gasteiger partial charge in [0.2, 0.25) is 15.8 Å². The van der Waals surface area contributed by atoms with Crippen molar-refractivity contribution >= 4 is 44.5 Å². The van der Waals surface area contributed by atoms with E-state index in [1.807, 2.05) is 48.5 Å². The third kappa shape index (κ3) is 7.77. The summed E-state index contributed by atoms with van der Waals surface area (Å²) in [5.41, 5.74) is 9.17. The number of aromatic amines is 1. The summed E-state index contributed by atoms with van der Waals surface area (Å²) in [6, 6.07) is 8.48. The van der Waals surface area contributed by atoms with E-state index in [4.69, 9.17) is 16.3 Å². The van der Waals surface area contributed by atoms with Gasteiger partial charge in [0.1, 0.15) is 11.9 Å². The quantitative estimate of drug-likeness (QED) is 0.103. The molecule has 0 unspecified atom stereocenters. The van der Waals surface area contributed by atoms with Crippen LogP contribution in [0.4, 0.5) is 17.1 Å². The van der Waals surface area contributed by atoms with Crippen molar-refractivity contribution in [3.63, 3.8) is 0 Å². The molecule has 1 amide bonds. The van der Waals surface area contributed by atoms with E-state index in [-0.39, 0.29) is 22.6 Å². The first-order valence-electron chi connectivity index (χ1n) is 13.9. The van der Waals surface area contributed by atoms with E-state index in [0.29, 0.717) is 34.2 Å². The summed E-state index contributed by atoms with van der Waals surface area (Å²) in [5, 5.41) is 4.18. The van der Waals surface area contributed by atoms with Crippen LogP contribution >= 0.6 is 0 Å². The molecule has 2 aromatic carbocycles. The normalized spacial score (nSPS) is 12.6. The van der Waals surface area contributed by atoms with Gasteiger partial charge in [-0.25, -0.2) is 23.8 Å². The second-order valence-electron chi connectivity index (χ2n) is 12.8. The van der Waals surface area contributed by atoms with Crippen LogP contribution in [-0.2, 0) is 22.5 Å². The van der Waals surface area contributed by atoms with Crippen molar-refractivity contribution < 1.29 is 27.3 Å². The van der Waals surface area contributed by atoms with E-state index in [0.717, 1.165) is 17.4 Å². The summed E-state index contributed by atoms with van der Waals surface area (Å²) in [6.07, 6.45) is 4.20. The molecule has 238 valence electrons. The van der Waals surface area contributed by atoms with Gasteiger partial charge in [-0.15, -0.1) is 0 Å². The zero-order valence-electron chi connectivity index (χ0n) is 27.0. The SMILES string of the molecule is COc1c(NC(=O)c2ccc(C)c(N(N)/C=C(\N)c3c[nH]c(C(=O)C(C)(C)C)[n+]3C)c2)cc(C(C)(C)C)cc1NS(C)(=O)=O. The number of aryl methyl sites for hydroxylation is 1. The van der Waals surface area contributed by atoms with E-state index in [1.165, 1.54) is 18.3 Å². The first kappa shape index (κ1) is 34.1. The Morgan fingerprint density at radius 1 is 1.07 bits per heavy atom. The predicted octanol–water partition coefficient (Wildman–Crippen LogP) is 3.94. The van der Waals surface area contributed by atoms with Gasteiger partial charge >= 0.3 is 5.82 Å². The molecule has 1 heterocycles. The van der Waals surface area contributed by atoms with E-state index >= 15 is 0 Å². The molecule has 1 aromatic heterocycles. The third-order valence-corrected chi connectivity index (χ3v) is 7.56. The molecule has 44 heavy (non-hydrogen) atoms. The van der Waals surface area contributed by atoms with Crippen LogP contribution < -0.4 is 35.9 Å². The summed E-state index contributed by atoms with van der Waals surface area (Å²) in [7, 11) is -0.494. The van der Waals surface area contributed by atoms with Gasteiger partial charge in [-0.05, 0) is 47.7 Å². The summed E-state index contributed by atoms with van der Waals surface area (Å²) in [4.78, 5) is 29.3. The number of carbonyl (C=O) groups is 2. The van der Waals surface area contributed by atoms with Crippen molar-refractivity contribution in [2.75, 3.05) is 28.4 Å². The van der Waals surface area contributed by atoms with Crippen LogP contribution in [0.15, 0.2) is 42.7 Å². The Morgan fingerprint density at radius 3 is 2.23 bits per heavy atom. The fraction of sp³-hybridized carbons (Fsp3) is 0.387. The van der Waals surface area contributed by atoms with Gasteiger partial charge in [0.15, 0.2) is 11.4 Å². The van der Waals surface area contributed by atoms with Gasteiger partial charge in [0.05, 0.1) is 37.5 Å². The van der Waals surface area contributed by atoms with E-state index < -0.39 is 21.3 Å². The third-order valence-electron chi connectivity index (χ3n) is 6.96. The Bertz CT molecular complexity index is 1730. The molecule has 13 heteroatoms. The Kier molecular flexibility index (Phi) is 9.56. The van der Waals surface area contributed by atoms with Crippen molar-refractivity contribution in [1.29, 1.82) is 0 Å².